The molecule has 0 unspecified atom stereocenters. The first kappa shape index (κ1) is 17.5. The molecule has 3 N–H and O–H groups in total. The van der Waals surface area contributed by atoms with Crippen molar-refractivity contribution in [3.63, 3.8) is 0 Å². The minimum absolute atomic E-state index is 0. The minimum Gasteiger partial charge on any atom is -0.336 e. The number of carbonyl (C=O) groups excluding carboxylic acids is 2. The molecule has 1 aromatic rings. The van der Waals surface area contributed by atoms with E-state index >= 15 is 0 Å². The molecular weight excluding hydrogens is 290 g/mol. The van der Waals surface area contributed by atoms with E-state index in [0.29, 0.717) is 12.6 Å². The number of rotatable bonds is 5. The fraction of sp³-hybridized carbons (Fsp3) is 0.467. The maximum absolute atomic E-state index is 11.6. The number of carbonyl (C=O) groups is 2. The van der Waals surface area contributed by atoms with Gasteiger partial charge in [-0.1, -0.05) is 12.1 Å². The van der Waals surface area contributed by atoms with Crippen LogP contribution in [0.25, 0.3) is 0 Å². The number of anilines is 1. The van der Waals surface area contributed by atoms with Crippen molar-refractivity contribution in [2.24, 2.45) is 5.73 Å². The van der Waals surface area contributed by atoms with Gasteiger partial charge in [0.15, 0.2) is 0 Å². The van der Waals surface area contributed by atoms with E-state index in [2.05, 4.69) is 5.32 Å². The van der Waals surface area contributed by atoms with Crippen molar-refractivity contribution in [1.82, 2.24) is 4.90 Å². The number of amides is 2. The van der Waals surface area contributed by atoms with Gasteiger partial charge >= 0.3 is 0 Å². The van der Waals surface area contributed by atoms with E-state index in [1.165, 1.54) is 0 Å². The minimum atomic E-state index is -0.530. The van der Waals surface area contributed by atoms with E-state index in [1.54, 1.807) is 13.8 Å². The van der Waals surface area contributed by atoms with Crippen LogP contribution in [0.15, 0.2) is 24.3 Å². The van der Waals surface area contributed by atoms with Crippen LogP contribution >= 0.6 is 12.4 Å². The molecule has 0 spiro atoms. The van der Waals surface area contributed by atoms with Gasteiger partial charge in [0.1, 0.15) is 0 Å². The van der Waals surface area contributed by atoms with Crippen molar-refractivity contribution in [2.75, 3.05) is 5.32 Å². The Morgan fingerprint density at radius 2 is 1.90 bits per heavy atom. The lowest BCUT2D eigenvalue weighted by Gasteiger charge is -2.20. The zero-order chi connectivity index (χ0) is 14.7. The number of nitrogens with zero attached hydrogens (tertiary/aromatic N) is 1. The number of nitrogens with one attached hydrogen (secondary N) is 1. The van der Waals surface area contributed by atoms with Crippen LogP contribution < -0.4 is 11.1 Å². The van der Waals surface area contributed by atoms with Crippen molar-refractivity contribution < 1.29 is 9.59 Å². The molecule has 116 valence electrons. The Kier molecular flexibility index (Phi) is 6.18. The van der Waals surface area contributed by atoms with Gasteiger partial charge in [-0.25, -0.2) is 0 Å². The van der Waals surface area contributed by atoms with Gasteiger partial charge < -0.3 is 16.0 Å². The molecule has 6 heteroatoms. The van der Waals surface area contributed by atoms with Crippen LogP contribution in [-0.2, 0) is 16.1 Å². The fourth-order valence-corrected chi connectivity index (χ4v) is 2.03. The topological polar surface area (TPSA) is 75.4 Å². The predicted molar refractivity (Wildman–Crippen MR) is 85.2 cm³/mol. The molecule has 0 heterocycles. The third kappa shape index (κ3) is 5.02. The smallest absolute Gasteiger partial charge is 0.240 e. The van der Waals surface area contributed by atoms with Gasteiger partial charge in [0.05, 0.1) is 6.04 Å². The van der Waals surface area contributed by atoms with Gasteiger partial charge in [-0.3, -0.25) is 9.59 Å². The molecule has 1 saturated carbocycles. The summed E-state index contributed by atoms with van der Waals surface area (Å²) < 4.78 is 0. The molecule has 1 aromatic carbocycles. The largest absolute Gasteiger partial charge is 0.336 e. The highest BCUT2D eigenvalue weighted by Gasteiger charge is 2.30. The Hall–Kier alpha value is -1.59. The van der Waals surface area contributed by atoms with Crippen LogP contribution in [0.4, 0.5) is 5.69 Å². The van der Waals surface area contributed by atoms with Crippen molar-refractivity contribution in [3.8, 4) is 0 Å². The molecule has 0 aliphatic heterocycles. The Labute approximate surface area is 131 Å². The average Bonchev–Trinajstić information content (AvgIpc) is 3.21. The van der Waals surface area contributed by atoms with Crippen LogP contribution in [0.2, 0.25) is 0 Å². The summed E-state index contributed by atoms with van der Waals surface area (Å²) in [6, 6.07) is 7.40. The molecule has 1 atom stereocenters. The van der Waals surface area contributed by atoms with Crippen LogP contribution in [0.3, 0.4) is 0 Å². The lowest BCUT2D eigenvalue weighted by atomic mass is 10.2. The summed E-state index contributed by atoms with van der Waals surface area (Å²) >= 11 is 0. The second kappa shape index (κ2) is 7.43. The van der Waals surface area contributed by atoms with Gasteiger partial charge in [0.2, 0.25) is 11.8 Å². The number of benzene rings is 1. The van der Waals surface area contributed by atoms with Crippen LogP contribution in [0, 0.1) is 0 Å². The quantitative estimate of drug-likeness (QED) is 0.872. The van der Waals surface area contributed by atoms with E-state index in [-0.39, 0.29) is 24.2 Å². The normalized spacial score (nSPS) is 14.8. The summed E-state index contributed by atoms with van der Waals surface area (Å²) in [5, 5.41) is 2.74. The maximum atomic E-state index is 11.6. The molecule has 0 bridgehead atoms. The third-order valence-corrected chi connectivity index (χ3v) is 3.38. The zero-order valence-electron chi connectivity index (χ0n) is 12.3. The molecule has 1 aliphatic rings. The number of hydrogen-bond acceptors (Lipinski definition) is 3. The highest BCUT2D eigenvalue weighted by Crippen LogP contribution is 2.28. The molecule has 1 aliphatic carbocycles. The van der Waals surface area contributed by atoms with E-state index in [4.69, 9.17) is 5.73 Å². The van der Waals surface area contributed by atoms with Gasteiger partial charge in [0.25, 0.3) is 0 Å². The van der Waals surface area contributed by atoms with E-state index in [1.807, 2.05) is 29.2 Å². The molecule has 0 saturated heterocycles. The Morgan fingerprint density at radius 3 is 2.33 bits per heavy atom. The summed E-state index contributed by atoms with van der Waals surface area (Å²) in [7, 11) is 0. The number of halogens is 1. The maximum Gasteiger partial charge on any atom is 0.240 e. The Bertz CT molecular complexity index is 498. The van der Waals surface area contributed by atoms with Crippen molar-refractivity contribution in [1.29, 1.82) is 0 Å². The molecule has 21 heavy (non-hydrogen) atoms. The fourth-order valence-electron chi connectivity index (χ4n) is 2.03. The van der Waals surface area contributed by atoms with E-state index in [0.717, 1.165) is 24.1 Å². The molecule has 0 aromatic heterocycles. The van der Waals surface area contributed by atoms with Gasteiger partial charge in [-0.2, -0.15) is 0 Å². The van der Waals surface area contributed by atoms with Gasteiger partial charge in [-0.15, -0.1) is 12.4 Å². The first-order valence-electron chi connectivity index (χ1n) is 6.90. The van der Waals surface area contributed by atoms with Crippen molar-refractivity contribution in [3.05, 3.63) is 29.8 Å². The molecule has 1 fully saturated rings. The molecule has 2 rings (SSSR count). The summed E-state index contributed by atoms with van der Waals surface area (Å²) in [5.41, 5.74) is 7.28. The van der Waals surface area contributed by atoms with Crippen molar-refractivity contribution >= 4 is 29.9 Å². The zero-order valence-corrected chi connectivity index (χ0v) is 13.2. The molecule has 0 radical (unpaired) electrons. The van der Waals surface area contributed by atoms with Gasteiger partial charge in [-0.05, 0) is 37.5 Å². The van der Waals surface area contributed by atoms with Crippen LogP contribution in [0.1, 0.15) is 32.3 Å². The number of hydrogen-bond donors (Lipinski definition) is 2. The molecule has 2 amide bonds. The molecular formula is C15H22ClN3O2. The van der Waals surface area contributed by atoms with Crippen LogP contribution in [-0.4, -0.2) is 28.8 Å². The number of nitrogens with two attached hydrogens (primary N) is 1. The second-order valence-corrected chi connectivity index (χ2v) is 5.35. The Balaban J connectivity index is 0.00000220. The van der Waals surface area contributed by atoms with Crippen molar-refractivity contribution in [2.45, 2.75) is 45.3 Å². The summed E-state index contributed by atoms with van der Waals surface area (Å²) in [6.45, 7) is 3.88. The second-order valence-electron chi connectivity index (χ2n) is 5.35. The lowest BCUT2D eigenvalue weighted by molar-refractivity contribution is -0.130. The lowest BCUT2D eigenvalue weighted by Crippen LogP contribution is -2.32. The van der Waals surface area contributed by atoms with Crippen LogP contribution in [0.5, 0.6) is 0 Å². The van der Waals surface area contributed by atoms with Gasteiger partial charge in [0, 0.05) is 25.2 Å². The summed E-state index contributed by atoms with van der Waals surface area (Å²) in [5.74, 6) is -0.0945. The third-order valence-electron chi connectivity index (χ3n) is 3.38. The monoisotopic (exact) mass is 311 g/mol. The summed E-state index contributed by atoms with van der Waals surface area (Å²) in [4.78, 5) is 24.9. The standard InChI is InChI=1S/C15H21N3O2.ClH/c1-10(16)15(20)17-13-5-3-12(4-6-13)9-18(11(2)19)14-7-8-14;/h3-6,10,14H,7-9,16H2,1-2H3,(H,17,20);1H/t10-;/m0./s1. The predicted octanol–water partition coefficient (Wildman–Crippen LogP) is 1.90. The first-order valence-corrected chi connectivity index (χ1v) is 6.90. The SMILES string of the molecule is CC(=O)N(Cc1ccc(NC(=O)[C@H](C)N)cc1)C1CC1.Cl. The first-order chi connectivity index (χ1) is 9.47. The Morgan fingerprint density at radius 1 is 1.33 bits per heavy atom. The highest BCUT2D eigenvalue weighted by atomic mass is 35.5. The molecule has 5 nitrogen and oxygen atoms in total. The highest BCUT2D eigenvalue weighted by molar-refractivity contribution is 5.94. The summed E-state index contributed by atoms with van der Waals surface area (Å²) in [6.07, 6.45) is 2.20. The average molecular weight is 312 g/mol. The van der Waals surface area contributed by atoms with E-state index < -0.39 is 6.04 Å². The van der Waals surface area contributed by atoms with E-state index in [9.17, 15) is 9.59 Å².